The minimum absolute atomic E-state index is 0.00259. The highest BCUT2D eigenvalue weighted by Crippen LogP contribution is 2.62. The third kappa shape index (κ3) is 8.52. The van der Waals surface area contributed by atoms with Crippen LogP contribution in [0.15, 0.2) is 60.8 Å². The Hall–Kier alpha value is -6.71. The van der Waals surface area contributed by atoms with E-state index in [0.717, 1.165) is 41.7 Å². The second-order valence-corrected chi connectivity index (χ2v) is 18.1. The Balaban J connectivity index is 1.15. The number of phenols is 2. The Morgan fingerprint density at radius 1 is 0.875 bits per heavy atom. The fourth-order valence-corrected chi connectivity index (χ4v) is 8.88. The fraction of sp³-hybridized carbons (Fsp3) is 0.438. The lowest BCUT2D eigenvalue weighted by Crippen LogP contribution is -2.34. The minimum Gasteiger partial charge on any atom is -0.507 e. The standard InChI is InChI=1S/C48H56N6O10/c1-8-47(4,5)32-14-18-38(35(25-32)48(6,7)9-2)63-21-11-20-49-45(57)41-42(55)39-28-12-13-29(22-28)40(39)43(56)44(41)64-37-19-16-34(54(61)62)24-31(37)27-51(10-3)46(58)52-36-17-15-33(53(59)60)23-30(36)26-50-52/h14-19,23-26,28-29,55-56H,8-13,20-22,27H2,1-7H3,(H,49,57). The molecule has 2 aliphatic carbocycles. The second kappa shape index (κ2) is 17.8. The van der Waals surface area contributed by atoms with Crippen molar-refractivity contribution in [3.8, 4) is 28.7 Å². The van der Waals surface area contributed by atoms with Gasteiger partial charge in [-0.05, 0) is 91.9 Å². The zero-order valence-electron chi connectivity index (χ0n) is 37.4. The molecule has 1 aromatic heterocycles. The van der Waals surface area contributed by atoms with Crippen molar-refractivity contribution in [1.82, 2.24) is 20.0 Å². The first-order valence-corrected chi connectivity index (χ1v) is 21.9. The molecule has 16 nitrogen and oxygen atoms in total. The van der Waals surface area contributed by atoms with E-state index in [0.29, 0.717) is 41.5 Å². The zero-order valence-corrected chi connectivity index (χ0v) is 37.4. The maximum absolute atomic E-state index is 14.2. The van der Waals surface area contributed by atoms with Crippen molar-refractivity contribution in [2.75, 3.05) is 19.7 Å². The van der Waals surface area contributed by atoms with E-state index in [4.69, 9.17) is 9.47 Å². The summed E-state index contributed by atoms with van der Waals surface area (Å²) in [5.74, 6) is -0.884. The van der Waals surface area contributed by atoms with Crippen molar-refractivity contribution in [2.45, 2.75) is 116 Å². The lowest BCUT2D eigenvalue weighted by atomic mass is 9.76. The van der Waals surface area contributed by atoms with Crippen molar-refractivity contribution in [1.29, 1.82) is 0 Å². The predicted molar refractivity (Wildman–Crippen MR) is 241 cm³/mol. The molecule has 338 valence electrons. The van der Waals surface area contributed by atoms with Crippen LogP contribution in [0.2, 0.25) is 0 Å². The molecule has 1 heterocycles. The highest BCUT2D eigenvalue weighted by Gasteiger charge is 2.44. The number of nitro groups is 2. The maximum Gasteiger partial charge on any atom is 0.345 e. The molecule has 1 saturated carbocycles. The van der Waals surface area contributed by atoms with E-state index in [1.54, 1.807) is 6.92 Å². The number of fused-ring (bicyclic) bond motifs is 6. The number of hydrogen-bond acceptors (Lipinski definition) is 11. The highest BCUT2D eigenvalue weighted by molar-refractivity contribution is 6.02. The number of benzene rings is 4. The molecule has 2 amide bonds. The predicted octanol–water partition coefficient (Wildman–Crippen LogP) is 10.5. The van der Waals surface area contributed by atoms with Gasteiger partial charge in [0.05, 0.1) is 34.7 Å². The van der Waals surface area contributed by atoms with Crippen LogP contribution >= 0.6 is 0 Å². The van der Waals surface area contributed by atoms with E-state index >= 15 is 0 Å². The molecule has 5 aromatic rings. The molecule has 0 spiro atoms. The van der Waals surface area contributed by atoms with Crippen LogP contribution < -0.4 is 14.8 Å². The maximum atomic E-state index is 14.2. The van der Waals surface area contributed by atoms with E-state index in [1.807, 2.05) is 6.07 Å². The van der Waals surface area contributed by atoms with Gasteiger partial charge in [0.2, 0.25) is 0 Å². The number of carbonyl (C=O) groups is 2. The number of rotatable bonds is 17. The van der Waals surface area contributed by atoms with E-state index in [9.17, 15) is 40.0 Å². The number of aromatic hydroxyl groups is 2. The number of aromatic nitrogens is 2. The molecule has 7 rings (SSSR count). The number of nitrogens with zero attached hydrogens (tertiary/aromatic N) is 5. The number of ether oxygens (including phenoxy) is 2. The SMILES string of the molecule is CCN(Cc1cc([N+](=O)[O-])ccc1Oc1c(O)c2c(c(O)c1C(=O)NCCCOc1ccc(C(C)(C)CC)cc1C(C)(C)CC)C1CCC2C1)C(=O)n1ncc2cc([N+](=O)[O-])ccc21. The third-order valence-electron chi connectivity index (χ3n) is 13.5. The lowest BCUT2D eigenvalue weighted by molar-refractivity contribution is -0.385. The zero-order chi connectivity index (χ0) is 46.2. The van der Waals surface area contributed by atoms with Gasteiger partial charge in [-0.2, -0.15) is 9.78 Å². The summed E-state index contributed by atoms with van der Waals surface area (Å²) >= 11 is 0. The van der Waals surface area contributed by atoms with Gasteiger partial charge in [0.1, 0.15) is 22.8 Å². The summed E-state index contributed by atoms with van der Waals surface area (Å²) in [6, 6.07) is 13.5. The Morgan fingerprint density at radius 2 is 1.52 bits per heavy atom. The molecule has 1 fully saturated rings. The van der Waals surface area contributed by atoms with Gasteiger partial charge < -0.3 is 29.9 Å². The van der Waals surface area contributed by atoms with Crippen molar-refractivity contribution >= 4 is 34.2 Å². The average molecular weight is 877 g/mol. The Morgan fingerprint density at radius 3 is 2.17 bits per heavy atom. The lowest BCUT2D eigenvalue weighted by Gasteiger charge is -2.30. The Labute approximate surface area is 371 Å². The van der Waals surface area contributed by atoms with Crippen LogP contribution in [0.1, 0.15) is 137 Å². The van der Waals surface area contributed by atoms with Gasteiger partial charge in [0.15, 0.2) is 11.5 Å². The van der Waals surface area contributed by atoms with E-state index in [2.05, 4.69) is 64.1 Å². The number of nitrogens with one attached hydrogen (secondary N) is 1. The van der Waals surface area contributed by atoms with Gasteiger partial charge in [-0.15, -0.1) is 0 Å². The van der Waals surface area contributed by atoms with Crippen molar-refractivity contribution in [3.05, 3.63) is 114 Å². The fourth-order valence-electron chi connectivity index (χ4n) is 8.88. The van der Waals surface area contributed by atoms with E-state index in [1.165, 1.54) is 53.1 Å². The quantitative estimate of drug-likeness (QED) is 0.0346. The third-order valence-corrected chi connectivity index (χ3v) is 13.5. The molecule has 2 atom stereocenters. The number of amides is 2. The van der Waals surface area contributed by atoms with Crippen LogP contribution in [-0.2, 0) is 17.4 Å². The first-order valence-electron chi connectivity index (χ1n) is 21.9. The first kappa shape index (κ1) is 45.3. The summed E-state index contributed by atoms with van der Waals surface area (Å²) in [5, 5.41) is 54.6. The van der Waals surface area contributed by atoms with Crippen LogP contribution in [0.5, 0.6) is 28.7 Å². The molecule has 3 N–H and O–H groups in total. The number of hydrogen-bond donors (Lipinski definition) is 3. The number of nitro benzene ring substituents is 2. The molecule has 2 unspecified atom stereocenters. The number of phenolic OH excluding ortho intramolecular Hbond substituents is 2. The van der Waals surface area contributed by atoms with Gasteiger partial charge in [-0.1, -0.05) is 53.7 Å². The van der Waals surface area contributed by atoms with Crippen molar-refractivity contribution in [2.24, 2.45) is 0 Å². The van der Waals surface area contributed by atoms with Crippen LogP contribution in [0.4, 0.5) is 16.2 Å². The normalized spacial score (nSPS) is 15.5. The molecule has 0 radical (unpaired) electrons. The molecule has 2 aliphatic rings. The van der Waals surface area contributed by atoms with Crippen molar-refractivity contribution < 1.29 is 39.1 Å². The van der Waals surface area contributed by atoms with Crippen molar-refractivity contribution in [3.63, 3.8) is 0 Å². The summed E-state index contributed by atoms with van der Waals surface area (Å²) in [6.45, 7) is 15.2. The average Bonchev–Trinajstić information content (AvgIpc) is 4.03. The molecular weight excluding hydrogens is 821 g/mol. The summed E-state index contributed by atoms with van der Waals surface area (Å²) in [6.07, 6.45) is 5.95. The summed E-state index contributed by atoms with van der Waals surface area (Å²) in [5.41, 5.74) is 3.02. The number of non-ortho nitro benzene ring substituents is 2. The summed E-state index contributed by atoms with van der Waals surface area (Å²) in [4.78, 5) is 51.7. The summed E-state index contributed by atoms with van der Waals surface area (Å²) in [7, 11) is 0. The largest absolute Gasteiger partial charge is 0.507 e. The topological polar surface area (TPSA) is 212 Å². The van der Waals surface area contributed by atoms with Crippen LogP contribution in [0.25, 0.3) is 10.9 Å². The first-order chi connectivity index (χ1) is 30.4. The van der Waals surface area contributed by atoms with Gasteiger partial charge in [-0.25, -0.2) is 4.79 Å². The van der Waals surface area contributed by atoms with Gasteiger partial charge >= 0.3 is 6.03 Å². The number of carbonyl (C=O) groups excluding carboxylic acids is 2. The molecule has 0 aliphatic heterocycles. The van der Waals surface area contributed by atoms with E-state index < -0.39 is 21.8 Å². The molecule has 16 heteroatoms. The monoisotopic (exact) mass is 876 g/mol. The van der Waals surface area contributed by atoms with Gasteiger partial charge in [0.25, 0.3) is 17.3 Å². The second-order valence-electron chi connectivity index (χ2n) is 18.1. The van der Waals surface area contributed by atoms with E-state index in [-0.39, 0.29) is 87.8 Å². The molecule has 2 bridgehead atoms. The Bertz CT molecular complexity index is 2650. The molecule has 64 heavy (non-hydrogen) atoms. The van der Waals surface area contributed by atoms with Crippen LogP contribution in [0.3, 0.4) is 0 Å². The highest BCUT2D eigenvalue weighted by atomic mass is 16.6. The molecule has 4 aromatic carbocycles. The summed E-state index contributed by atoms with van der Waals surface area (Å²) < 4.78 is 13.8. The van der Waals surface area contributed by atoms with Gasteiger partial charge in [-0.3, -0.25) is 25.0 Å². The smallest absolute Gasteiger partial charge is 0.345 e. The minimum atomic E-state index is -0.688. The molecular formula is C48H56N6O10. The molecule has 0 saturated heterocycles. The van der Waals surface area contributed by atoms with Crippen LogP contribution in [-0.4, -0.2) is 66.4 Å². The van der Waals surface area contributed by atoms with Crippen LogP contribution in [0, 0.1) is 20.2 Å². The van der Waals surface area contributed by atoms with Gasteiger partial charge in [0, 0.05) is 65.0 Å². The Kier molecular flexibility index (Phi) is 12.6.